The van der Waals surface area contributed by atoms with Crippen molar-refractivity contribution in [1.82, 2.24) is 15.5 Å². The lowest BCUT2D eigenvalue weighted by Gasteiger charge is -2.23. The van der Waals surface area contributed by atoms with Gasteiger partial charge in [0.05, 0.1) is 31.3 Å². The third-order valence-corrected chi connectivity index (χ3v) is 5.40. The molecule has 4 rings (SSSR count). The summed E-state index contributed by atoms with van der Waals surface area (Å²) in [5.41, 5.74) is 0.977. The largest absolute Gasteiger partial charge is 0.490 e. The Bertz CT molecular complexity index is 986. The lowest BCUT2D eigenvalue weighted by Crippen LogP contribution is -2.33. The zero-order valence-electron chi connectivity index (χ0n) is 16.8. The second-order valence-corrected chi connectivity index (χ2v) is 8.11. The molecule has 0 aliphatic carbocycles. The van der Waals surface area contributed by atoms with Crippen molar-refractivity contribution in [2.24, 2.45) is 5.92 Å². The van der Waals surface area contributed by atoms with Crippen LogP contribution in [0.1, 0.15) is 31.9 Å². The minimum absolute atomic E-state index is 0.122. The van der Waals surface area contributed by atoms with Crippen molar-refractivity contribution in [3.63, 3.8) is 0 Å². The second-order valence-electron chi connectivity index (χ2n) is 7.18. The van der Waals surface area contributed by atoms with Gasteiger partial charge >= 0.3 is 0 Å². The molecule has 1 N–H and O–H groups in total. The van der Waals surface area contributed by atoms with E-state index in [0.717, 1.165) is 23.5 Å². The minimum atomic E-state index is -0.156. The average molecular weight is 429 g/mol. The van der Waals surface area contributed by atoms with E-state index >= 15 is 0 Å². The Balaban J connectivity index is 1.38. The van der Waals surface area contributed by atoms with Crippen LogP contribution in [0.15, 0.2) is 50.7 Å². The minimum Gasteiger partial charge on any atom is -0.490 e. The van der Waals surface area contributed by atoms with Gasteiger partial charge in [0.25, 0.3) is 11.1 Å². The number of benzene rings is 1. The predicted molar refractivity (Wildman–Crippen MR) is 110 cm³/mol. The molecule has 1 aliphatic rings. The number of ether oxygens (including phenoxy) is 2. The molecule has 8 nitrogen and oxygen atoms in total. The number of hydrogen-bond donors (Lipinski definition) is 1. The van der Waals surface area contributed by atoms with Crippen LogP contribution in [0.25, 0.3) is 11.7 Å². The number of hydrogen-bond acceptors (Lipinski definition) is 8. The van der Waals surface area contributed by atoms with Gasteiger partial charge in [0.2, 0.25) is 5.91 Å². The molecular formula is C21H23N3O5S. The molecule has 0 radical (unpaired) electrons. The van der Waals surface area contributed by atoms with E-state index < -0.39 is 0 Å². The van der Waals surface area contributed by atoms with Crippen LogP contribution in [0.2, 0.25) is 0 Å². The molecule has 158 valence electrons. The molecule has 1 aromatic carbocycles. The van der Waals surface area contributed by atoms with E-state index in [4.69, 9.17) is 18.3 Å². The third-order valence-electron chi connectivity index (χ3n) is 4.58. The van der Waals surface area contributed by atoms with Gasteiger partial charge in [0.15, 0.2) is 17.3 Å². The van der Waals surface area contributed by atoms with Crippen LogP contribution in [0.3, 0.4) is 0 Å². The highest BCUT2D eigenvalue weighted by molar-refractivity contribution is 7.99. The first-order chi connectivity index (χ1) is 14.6. The number of amides is 1. The van der Waals surface area contributed by atoms with Crippen LogP contribution in [-0.4, -0.2) is 35.1 Å². The Kier molecular flexibility index (Phi) is 6.27. The van der Waals surface area contributed by atoms with E-state index in [2.05, 4.69) is 29.4 Å². The van der Waals surface area contributed by atoms with Crippen LogP contribution >= 0.6 is 11.8 Å². The van der Waals surface area contributed by atoms with Gasteiger partial charge in [-0.1, -0.05) is 31.7 Å². The molecule has 1 atom stereocenters. The maximum atomic E-state index is 12.6. The topological polar surface area (TPSA) is 99.6 Å². The molecule has 30 heavy (non-hydrogen) atoms. The normalized spacial score (nSPS) is 14.4. The summed E-state index contributed by atoms with van der Waals surface area (Å²) in [4.78, 5) is 12.6. The number of furan rings is 1. The average Bonchev–Trinajstić information content (AvgIpc) is 3.38. The van der Waals surface area contributed by atoms with Gasteiger partial charge in [0.1, 0.15) is 0 Å². The van der Waals surface area contributed by atoms with Gasteiger partial charge in [-0.3, -0.25) is 4.79 Å². The van der Waals surface area contributed by atoms with Gasteiger partial charge in [-0.15, -0.1) is 10.2 Å². The smallest absolute Gasteiger partial charge is 0.284 e. The SMILES string of the molecule is CC(C)C(NC(=O)CSc1nnc(-c2ccco2)o1)c1ccc2c(c1)OCCCO2. The first-order valence-electron chi connectivity index (χ1n) is 9.79. The van der Waals surface area contributed by atoms with Gasteiger partial charge in [-0.25, -0.2) is 0 Å². The van der Waals surface area contributed by atoms with Crippen molar-refractivity contribution < 1.29 is 23.1 Å². The summed E-state index contributed by atoms with van der Waals surface area (Å²) < 4.78 is 22.2. The highest BCUT2D eigenvalue weighted by Crippen LogP contribution is 2.34. The van der Waals surface area contributed by atoms with Crippen molar-refractivity contribution in [2.75, 3.05) is 19.0 Å². The fraction of sp³-hybridized carbons (Fsp3) is 0.381. The molecule has 1 aliphatic heterocycles. The summed E-state index contributed by atoms with van der Waals surface area (Å²) in [5, 5.41) is 11.3. The van der Waals surface area contributed by atoms with E-state index in [9.17, 15) is 4.79 Å². The summed E-state index contributed by atoms with van der Waals surface area (Å²) in [7, 11) is 0. The summed E-state index contributed by atoms with van der Waals surface area (Å²) >= 11 is 1.18. The number of carbonyl (C=O) groups is 1. The Labute approximate surface area is 178 Å². The summed E-state index contributed by atoms with van der Waals surface area (Å²) in [5.74, 6) is 2.47. The van der Waals surface area contributed by atoms with E-state index in [0.29, 0.717) is 24.2 Å². The van der Waals surface area contributed by atoms with Crippen LogP contribution in [0, 0.1) is 5.92 Å². The number of nitrogens with zero attached hydrogens (tertiary/aromatic N) is 2. The Hall–Kier alpha value is -2.94. The van der Waals surface area contributed by atoms with Crippen molar-refractivity contribution in [1.29, 1.82) is 0 Å². The number of aromatic nitrogens is 2. The summed E-state index contributed by atoms with van der Waals surface area (Å²) in [6.07, 6.45) is 2.38. The van der Waals surface area contributed by atoms with Crippen LogP contribution < -0.4 is 14.8 Å². The fourth-order valence-electron chi connectivity index (χ4n) is 3.12. The maximum absolute atomic E-state index is 12.6. The monoisotopic (exact) mass is 429 g/mol. The van der Waals surface area contributed by atoms with Gasteiger partial charge < -0.3 is 23.6 Å². The molecule has 0 spiro atoms. The Morgan fingerprint density at radius 3 is 2.77 bits per heavy atom. The quantitative estimate of drug-likeness (QED) is 0.561. The van der Waals surface area contributed by atoms with Crippen molar-refractivity contribution in [2.45, 2.75) is 31.5 Å². The van der Waals surface area contributed by atoms with Crippen LogP contribution in [0.5, 0.6) is 11.5 Å². The van der Waals surface area contributed by atoms with Crippen LogP contribution in [-0.2, 0) is 4.79 Å². The lowest BCUT2D eigenvalue weighted by atomic mass is 9.95. The molecule has 9 heteroatoms. The zero-order valence-corrected chi connectivity index (χ0v) is 17.6. The molecule has 1 unspecified atom stereocenters. The molecular weight excluding hydrogens is 406 g/mol. The highest BCUT2D eigenvalue weighted by atomic mass is 32.2. The van der Waals surface area contributed by atoms with Gasteiger partial charge in [-0.05, 0) is 35.7 Å². The molecule has 0 saturated carbocycles. The van der Waals surface area contributed by atoms with E-state index in [-0.39, 0.29) is 29.5 Å². The molecule has 1 amide bonds. The van der Waals surface area contributed by atoms with Crippen molar-refractivity contribution in [3.8, 4) is 23.1 Å². The zero-order chi connectivity index (χ0) is 20.9. The standard InChI is InChI=1S/C21H23N3O5S/c1-13(2)19(14-6-7-15-17(11-14)28-10-4-9-26-15)22-18(25)12-30-21-24-23-20(29-21)16-5-3-8-27-16/h3,5-8,11,13,19H,4,9-10,12H2,1-2H3,(H,22,25). The lowest BCUT2D eigenvalue weighted by molar-refractivity contribution is -0.119. The number of thioether (sulfide) groups is 1. The van der Waals surface area contributed by atoms with Gasteiger partial charge in [-0.2, -0.15) is 0 Å². The van der Waals surface area contributed by atoms with Crippen LogP contribution in [0.4, 0.5) is 0 Å². The van der Waals surface area contributed by atoms with Crippen molar-refractivity contribution >= 4 is 17.7 Å². The first kappa shape index (κ1) is 20.3. The molecule has 0 bridgehead atoms. The van der Waals surface area contributed by atoms with Crippen molar-refractivity contribution in [3.05, 3.63) is 42.2 Å². The number of rotatable bonds is 7. The van der Waals surface area contributed by atoms with E-state index in [1.807, 2.05) is 18.2 Å². The summed E-state index contributed by atoms with van der Waals surface area (Å²) in [6.45, 7) is 5.39. The maximum Gasteiger partial charge on any atom is 0.284 e. The Morgan fingerprint density at radius 1 is 1.17 bits per heavy atom. The molecule has 2 aromatic heterocycles. The van der Waals surface area contributed by atoms with E-state index in [1.165, 1.54) is 18.0 Å². The number of carbonyl (C=O) groups excluding carboxylic acids is 1. The van der Waals surface area contributed by atoms with Gasteiger partial charge in [0, 0.05) is 6.42 Å². The summed E-state index contributed by atoms with van der Waals surface area (Å²) in [6, 6.07) is 9.14. The predicted octanol–water partition coefficient (Wildman–Crippen LogP) is 4.10. The first-order valence-corrected chi connectivity index (χ1v) is 10.8. The Morgan fingerprint density at radius 2 is 2.00 bits per heavy atom. The second kappa shape index (κ2) is 9.25. The highest BCUT2D eigenvalue weighted by Gasteiger charge is 2.22. The molecule has 0 saturated heterocycles. The molecule has 3 heterocycles. The molecule has 3 aromatic rings. The van der Waals surface area contributed by atoms with E-state index in [1.54, 1.807) is 12.1 Å². The fourth-order valence-corrected chi connectivity index (χ4v) is 3.69. The molecule has 0 fully saturated rings. The third kappa shape index (κ3) is 4.79. The number of nitrogens with one attached hydrogen (secondary N) is 1. The number of fused-ring (bicyclic) bond motifs is 1.